The molecular weight excluding hydrogens is 348 g/mol. The van der Waals surface area contributed by atoms with Crippen molar-refractivity contribution < 1.29 is 18.9 Å². The van der Waals surface area contributed by atoms with E-state index in [-0.39, 0.29) is 48.6 Å². The zero-order valence-electron chi connectivity index (χ0n) is 16.0. The van der Waals surface area contributed by atoms with Crippen LogP contribution in [-0.2, 0) is 20.9 Å². The van der Waals surface area contributed by atoms with Crippen molar-refractivity contribution in [2.75, 3.05) is 13.6 Å². The average Bonchev–Trinajstić information content (AvgIpc) is 3.39. The van der Waals surface area contributed by atoms with Crippen LogP contribution in [-0.4, -0.2) is 47.4 Å². The number of amides is 3. The summed E-state index contributed by atoms with van der Waals surface area (Å²) in [5.41, 5.74) is 0.662. The Kier molecular flexibility index (Phi) is 6.13. The Morgan fingerprint density at radius 2 is 2.00 bits per heavy atom. The highest BCUT2D eigenvalue weighted by Gasteiger charge is 2.32. The van der Waals surface area contributed by atoms with Crippen LogP contribution >= 0.6 is 0 Å². The second-order valence-corrected chi connectivity index (χ2v) is 7.73. The van der Waals surface area contributed by atoms with E-state index in [1.165, 1.54) is 0 Å². The van der Waals surface area contributed by atoms with Crippen molar-refractivity contribution >= 4 is 17.7 Å². The van der Waals surface area contributed by atoms with Gasteiger partial charge < -0.3 is 20.1 Å². The van der Waals surface area contributed by atoms with Gasteiger partial charge in [0.25, 0.3) is 0 Å². The van der Waals surface area contributed by atoms with Crippen LogP contribution in [0.5, 0.6) is 0 Å². The molecule has 1 saturated carbocycles. The minimum absolute atomic E-state index is 0.0491. The Hall–Kier alpha value is -2.38. The minimum atomic E-state index is -0.370. The fourth-order valence-corrected chi connectivity index (χ4v) is 3.43. The van der Waals surface area contributed by atoms with Crippen LogP contribution in [0.4, 0.5) is 0 Å². The van der Waals surface area contributed by atoms with Gasteiger partial charge in [0.1, 0.15) is 11.5 Å². The number of carbonyl (C=O) groups is 3. The molecule has 2 atom stereocenters. The molecule has 2 fully saturated rings. The molecule has 2 aliphatic rings. The summed E-state index contributed by atoms with van der Waals surface area (Å²) in [6.45, 7) is 2.57. The van der Waals surface area contributed by atoms with Crippen molar-refractivity contribution in [2.24, 2.45) is 11.8 Å². The molecule has 27 heavy (non-hydrogen) atoms. The van der Waals surface area contributed by atoms with Gasteiger partial charge in [-0.1, -0.05) is 11.6 Å². The third-order valence-corrected chi connectivity index (χ3v) is 5.23. The van der Waals surface area contributed by atoms with E-state index >= 15 is 0 Å². The molecule has 2 unspecified atom stereocenters. The summed E-state index contributed by atoms with van der Waals surface area (Å²) in [5, 5.41) is 9.78. The number of carbonyl (C=O) groups excluding carboxylic acids is 3. The molecule has 3 amide bonds. The first kappa shape index (κ1) is 19.4. The summed E-state index contributed by atoms with van der Waals surface area (Å²) in [6, 6.07) is 1.72. The summed E-state index contributed by atoms with van der Waals surface area (Å²) >= 11 is 0. The van der Waals surface area contributed by atoms with Crippen molar-refractivity contribution in [3.63, 3.8) is 0 Å². The number of hydrogen-bond acceptors (Lipinski definition) is 5. The maximum Gasteiger partial charge on any atom is 0.223 e. The molecule has 1 aromatic rings. The highest BCUT2D eigenvalue weighted by Crippen LogP contribution is 2.29. The van der Waals surface area contributed by atoms with Crippen LogP contribution in [0.3, 0.4) is 0 Å². The highest BCUT2D eigenvalue weighted by molar-refractivity contribution is 5.86. The third-order valence-electron chi connectivity index (χ3n) is 5.23. The Morgan fingerprint density at radius 1 is 1.22 bits per heavy atom. The zero-order valence-corrected chi connectivity index (χ0v) is 16.0. The van der Waals surface area contributed by atoms with Crippen molar-refractivity contribution in [3.8, 4) is 0 Å². The fourth-order valence-electron chi connectivity index (χ4n) is 3.43. The quantitative estimate of drug-likeness (QED) is 0.802. The van der Waals surface area contributed by atoms with Crippen LogP contribution < -0.4 is 10.6 Å². The number of nitrogens with one attached hydrogen (secondary N) is 2. The first-order valence-electron chi connectivity index (χ1n) is 9.66. The largest absolute Gasteiger partial charge is 0.361 e. The second kappa shape index (κ2) is 8.54. The lowest BCUT2D eigenvalue weighted by molar-refractivity contribution is -0.135. The first-order valence-corrected chi connectivity index (χ1v) is 9.66. The van der Waals surface area contributed by atoms with E-state index in [4.69, 9.17) is 4.52 Å². The molecule has 0 bridgehead atoms. The Balaban J connectivity index is 1.54. The molecular formula is C19H28N4O4. The SMILES string of the molecule is Cc1cc(CNC(=O)C2CCCC(NC(=O)C3CC3)CN(C)C(=O)C2)no1. The van der Waals surface area contributed by atoms with Gasteiger partial charge in [0.05, 0.1) is 6.54 Å². The third kappa shape index (κ3) is 5.55. The molecule has 1 aliphatic carbocycles. The number of likely N-dealkylation sites (N-methyl/N-ethyl adjacent to an activating group) is 1. The molecule has 1 aromatic heterocycles. The molecule has 0 radical (unpaired) electrons. The summed E-state index contributed by atoms with van der Waals surface area (Å²) in [6.07, 6.45) is 4.28. The number of hydrogen-bond donors (Lipinski definition) is 2. The Bertz CT molecular complexity index is 698. The van der Waals surface area contributed by atoms with Crippen LogP contribution in [0.1, 0.15) is 50.0 Å². The molecule has 2 N–H and O–H groups in total. The van der Waals surface area contributed by atoms with E-state index in [1.54, 1.807) is 24.9 Å². The maximum atomic E-state index is 12.6. The average molecular weight is 376 g/mol. The molecule has 148 valence electrons. The molecule has 8 nitrogen and oxygen atoms in total. The smallest absolute Gasteiger partial charge is 0.223 e. The lowest BCUT2D eigenvalue weighted by atomic mass is 9.96. The van der Waals surface area contributed by atoms with E-state index in [9.17, 15) is 14.4 Å². The maximum absolute atomic E-state index is 12.6. The van der Waals surface area contributed by atoms with Crippen LogP contribution in [0.15, 0.2) is 10.6 Å². The van der Waals surface area contributed by atoms with Crippen molar-refractivity contribution in [3.05, 3.63) is 17.5 Å². The molecule has 0 spiro atoms. The minimum Gasteiger partial charge on any atom is -0.361 e. The molecule has 8 heteroatoms. The van der Waals surface area contributed by atoms with Gasteiger partial charge in [0, 0.05) is 44.0 Å². The first-order chi connectivity index (χ1) is 12.9. The summed E-state index contributed by atoms with van der Waals surface area (Å²) in [7, 11) is 1.73. The predicted octanol–water partition coefficient (Wildman–Crippen LogP) is 1.14. The van der Waals surface area contributed by atoms with E-state index in [0.29, 0.717) is 24.4 Å². The van der Waals surface area contributed by atoms with Gasteiger partial charge in [-0.2, -0.15) is 0 Å². The van der Waals surface area contributed by atoms with Gasteiger partial charge in [-0.3, -0.25) is 14.4 Å². The fraction of sp³-hybridized carbons (Fsp3) is 0.684. The van der Waals surface area contributed by atoms with Gasteiger partial charge >= 0.3 is 0 Å². The number of aromatic nitrogens is 1. The highest BCUT2D eigenvalue weighted by atomic mass is 16.5. The second-order valence-electron chi connectivity index (χ2n) is 7.73. The molecule has 3 rings (SSSR count). The zero-order chi connectivity index (χ0) is 19.4. The lowest BCUT2D eigenvalue weighted by Gasteiger charge is -2.24. The van der Waals surface area contributed by atoms with Crippen molar-refractivity contribution in [2.45, 2.75) is 58.0 Å². The van der Waals surface area contributed by atoms with Gasteiger partial charge in [0.15, 0.2) is 0 Å². The Labute approximate surface area is 159 Å². The monoisotopic (exact) mass is 376 g/mol. The van der Waals surface area contributed by atoms with E-state index in [2.05, 4.69) is 15.8 Å². The lowest BCUT2D eigenvalue weighted by Crippen LogP contribution is -2.44. The molecule has 1 aliphatic heterocycles. The Morgan fingerprint density at radius 3 is 2.67 bits per heavy atom. The summed E-state index contributed by atoms with van der Waals surface area (Å²) in [4.78, 5) is 38.7. The van der Waals surface area contributed by atoms with E-state index < -0.39 is 0 Å². The van der Waals surface area contributed by atoms with Crippen molar-refractivity contribution in [1.82, 2.24) is 20.7 Å². The topological polar surface area (TPSA) is 105 Å². The van der Waals surface area contributed by atoms with Crippen molar-refractivity contribution in [1.29, 1.82) is 0 Å². The molecule has 2 heterocycles. The van der Waals surface area contributed by atoms with Gasteiger partial charge in [-0.05, 0) is 32.6 Å². The predicted molar refractivity (Wildman–Crippen MR) is 97.3 cm³/mol. The van der Waals surface area contributed by atoms with Gasteiger partial charge in [-0.15, -0.1) is 0 Å². The van der Waals surface area contributed by atoms with Crippen LogP contribution in [0.2, 0.25) is 0 Å². The standard InChI is InChI=1S/C19H28N4O4/c1-12-8-16(22-27-12)10-20-18(25)14-4-3-5-15(11-23(2)17(24)9-14)21-19(26)13-6-7-13/h8,13-15H,3-7,9-11H2,1-2H3,(H,20,25)(H,21,26). The number of nitrogens with zero attached hydrogens (tertiary/aromatic N) is 2. The molecule has 1 saturated heterocycles. The van der Waals surface area contributed by atoms with Crippen LogP contribution in [0, 0.1) is 18.8 Å². The normalized spacial score (nSPS) is 23.9. The number of rotatable bonds is 5. The summed E-state index contributed by atoms with van der Waals surface area (Å²) in [5.74, 6) is 0.358. The number of aryl methyl sites for hydroxylation is 1. The summed E-state index contributed by atoms with van der Waals surface area (Å²) < 4.78 is 4.99. The molecule has 0 aromatic carbocycles. The van der Waals surface area contributed by atoms with Gasteiger partial charge in [0.2, 0.25) is 17.7 Å². The van der Waals surface area contributed by atoms with E-state index in [0.717, 1.165) is 25.7 Å². The van der Waals surface area contributed by atoms with Gasteiger partial charge in [-0.25, -0.2) is 0 Å². The van der Waals surface area contributed by atoms with Crippen LogP contribution in [0.25, 0.3) is 0 Å². The van der Waals surface area contributed by atoms with E-state index in [1.807, 2.05) is 0 Å².